The molecule has 1 aromatic carbocycles. The maximum absolute atomic E-state index is 7.70. The molecule has 128 valence electrons. The van der Waals surface area contributed by atoms with E-state index >= 15 is 0 Å². The van der Waals surface area contributed by atoms with Gasteiger partial charge in [0.05, 0.1) is 24.8 Å². The average molecular weight is 372 g/mol. The lowest BCUT2D eigenvalue weighted by Gasteiger charge is -2.28. The Morgan fingerprint density at radius 1 is 1.32 bits per heavy atom. The zero-order valence-electron chi connectivity index (χ0n) is 13.9. The number of ether oxygens (including phenoxy) is 1. The second-order valence-corrected chi connectivity index (χ2v) is 7.84. The number of aryl methyl sites for hydroxylation is 1. The highest BCUT2D eigenvalue weighted by molar-refractivity contribution is 7.17. The van der Waals surface area contributed by atoms with Crippen molar-refractivity contribution < 1.29 is 4.74 Å². The summed E-state index contributed by atoms with van der Waals surface area (Å²) >= 11 is 7.80. The molecule has 0 atom stereocenters. The Labute approximate surface area is 155 Å². The van der Waals surface area contributed by atoms with Gasteiger partial charge in [-0.15, -0.1) is 11.3 Å². The van der Waals surface area contributed by atoms with Crippen LogP contribution in [0.1, 0.15) is 16.1 Å². The van der Waals surface area contributed by atoms with E-state index in [1.807, 2.05) is 18.2 Å². The number of morpholine rings is 1. The molecule has 2 aromatic heterocycles. The Morgan fingerprint density at radius 2 is 2.12 bits per heavy atom. The number of aromatic nitrogens is 1. The van der Waals surface area contributed by atoms with Gasteiger partial charge in [-0.3, -0.25) is 0 Å². The number of benzene rings is 1. The summed E-state index contributed by atoms with van der Waals surface area (Å²) in [5.74, 6) is 0. The van der Waals surface area contributed by atoms with Crippen LogP contribution in [0, 0.1) is 13.5 Å². The van der Waals surface area contributed by atoms with Gasteiger partial charge in [0.2, 0.25) is 5.69 Å². The maximum Gasteiger partial charge on any atom is 0.224 e. The molecule has 0 amide bonds. The summed E-state index contributed by atoms with van der Waals surface area (Å²) in [5.41, 5.74) is 4.06. The number of aromatic amines is 1. The monoisotopic (exact) mass is 371 g/mol. The molecule has 25 heavy (non-hydrogen) atoms. The molecule has 0 radical (unpaired) electrons. The van der Waals surface area contributed by atoms with Gasteiger partial charge in [0, 0.05) is 35.7 Å². The first kappa shape index (κ1) is 16.5. The summed E-state index contributed by atoms with van der Waals surface area (Å²) in [7, 11) is 0. The smallest absolute Gasteiger partial charge is 0.224 e. The van der Waals surface area contributed by atoms with Gasteiger partial charge in [-0.05, 0) is 40.9 Å². The van der Waals surface area contributed by atoms with Crippen LogP contribution in [0.4, 0.5) is 10.7 Å². The first-order valence-electron chi connectivity index (χ1n) is 8.25. The summed E-state index contributed by atoms with van der Waals surface area (Å²) < 4.78 is 5.44. The van der Waals surface area contributed by atoms with E-state index in [2.05, 4.69) is 27.7 Å². The number of hydrogen-bond donors (Lipinski definition) is 1. The lowest BCUT2D eigenvalue weighted by molar-refractivity contribution is 0.123. The van der Waals surface area contributed by atoms with Crippen molar-refractivity contribution in [1.82, 2.24) is 4.98 Å². The van der Waals surface area contributed by atoms with Crippen LogP contribution in [0.5, 0.6) is 0 Å². The molecule has 4 nitrogen and oxygen atoms in total. The molecule has 0 aliphatic carbocycles. The predicted molar refractivity (Wildman–Crippen MR) is 104 cm³/mol. The van der Waals surface area contributed by atoms with Crippen LogP contribution in [0.25, 0.3) is 15.7 Å². The molecule has 0 saturated carbocycles. The minimum atomic E-state index is 0.726. The fourth-order valence-electron chi connectivity index (χ4n) is 3.30. The lowest BCUT2D eigenvalue weighted by Crippen LogP contribution is -2.35. The number of anilines is 1. The van der Waals surface area contributed by atoms with Crippen molar-refractivity contribution in [2.45, 2.75) is 13.3 Å². The van der Waals surface area contributed by atoms with E-state index in [4.69, 9.17) is 22.9 Å². The molecule has 0 unspecified atom stereocenters. The van der Waals surface area contributed by atoms with Crippen molar-refractivity contribution in [3.8, 4) is 0 Å². The number of nitrogens with one attached hydrogen (secondary N) is 1. The third-order valence-electron chi connectivity index (χ3n) is 4.58. The molecule has 1 N–H and O–H groups in total. The number of hydrogen-bond acceptors (Lipinski definition) is 3. The molecule has 0 bridgehead atoms. The van der Waals surface area contributed by atoms with Crippen molar-refractivity contribution in [3.63, 3.8) is 0 Å². The van der Waals surface area contributed by atoms with Gasteiger partial charge in [0.25, 0.3) is 0 Å². The number of rotatable bonds is 3. The van der Waals surface area contributed by atoms with Gasteiger partial charge in [-0.1, -0.05) is 17.7 Å². The normalized spacial score (nSPS) is 14.8. The van der Waals surface area contributed by atoms with E-state index in [0.29, 0.717) is 0 Å². The molecule has 6 heteroatoms. The van der Waals surface area contributed by atoms with E-state index in [1.165, 1.54) is 4.88 Å². The van der Waals surface area contributed by atoms with Gasteiger partial charge in [-0.25, -0.2) is 4.85 Å². The summed E-state index contributed by atoms with van der Waals surface area (Å²) in [4.78, 5) is 10.8. The molecular formula is C19H18ClN3OS. The van der Waals surface area contributed by atoms with Gasteiger partial charge in [0.15, 0.2) is 0 Å². The SMILES string of the molecule is [C-]#[N+]c1c(N2CCOCC2)sc(C)c1Cc1cc2ccc(Cl)cc2[nH]1. The van der Waals surface area contributed by atoms with E-state index < -0.39 is 0 Å². The quantitative estimate of drug-likeness (QED) is 0.644. The van der Waals surface area contributed by atoms with E-state index in [-0.39, 0.29) is 0 Å². The summed E-state index contributed by atoms with van der Waals surface area (Å²) in [6.45, 7) is 13.0. The standard InChI is InChI=1S/C19H18ClN3OS/c1-12-16(11-15-9-13-3-4-14(20)10-17(13)22-15)18(21-2)19(25-12)23-5-7-24-8-6-23/h3-4,9-10,22H,5-8,11H2,1H3. The molecule has 1 aliphatic rings. The molecule has 1 fully saturated rings. The Hall–Kier alpha value is -2.00. The Morgan fingerprint density at radius 3 is 2.88 bits per heavy atom. The molecule has 0 spiro atoms. The minimum absolute atomic E-state index is 0.726. The largest absolute Gasteiger partial charge is 0.378 e. The maximum atomic E-state index is 7.70. The third kappa shape index (κ3) is 3.13. The first-order valence-corrected chi connectivity index (χ1v) is 9.44. The van der Waals surface area contributed by atoms with Crippen molar-refractivity contribution in [3.05, 3.63) is 56.8 Å². The Balaban J connectivity index is 1.69. The zero-order chi connectivity index (χ0) is 17.4. The Bertz CT molecular complexity index is 963. The van der Waals surface area contributed by atoms with E-state index in [0.717, 1.165) is 70.6 Å². The van der Waals surface area contributed by atoms with Crippen molar-refractivity contribution >= 4 is 44.5 Å². The third-order valence-corrected chi connectivity index (χ3v) is 6.01. The van der Waals surface area contributed by atoms with Crippen molar-refractivity contribution in [1.29, 1.82) is 0 Å². The van der Waals surface area contributed by atoms with Crippen LogP contribution in [-0.2, 0) is 11.2 Å². The van der Waals surface area contributed by atoms with Crippen LogP contribution in [0.3, 0.4) is 0 Å². The highest BCUT2D eigenvalue weighted by Gasteiger charge is 2.22. The molecule has 1 saturated heterocycles. The van der Waals surface area contributed by atoms with Crippen LogP contribution in [0.2, 0.25) is 5.02 Å². The fraction of sp³-hybridized carbons (Fsp3) is 0.316. The molecule has 1 aliphatic heterocycles. The highest BCUT2D eigenvalue weighted by atomic mass is 35.5. The van der Waals surface area contributed by atoms with Gasteiger partial charge in [-0.2, -0.15) is 0 Å². The van der Waals surface area contributed by atoms with Crippen molar-refractivity contribution in [2.24, 2.45) is 0 Å². The summed E-state index contributed by atoms with van der Waals surface area (Å²) in [6, 6.07) is 8.01. The Kier molecular flexibility index (Phi) is 4.43. The molecule has 3 heterocycles. The predicted octanol–water partition coefficient (Wildman–Crippen LogP) is 5.17. The second kappa shape index (κ2) is 6.72. The van der Waals surface area contributed by atoms with Gasteiger partial charge in [0.1, 0.15) is 0 Å². The van der Waals surface area contributed by atoms with Crippen LogP contribution >= 0.6 is 22.9 Å². The van der Waals surface area contributed by atoms with Crippen LogP contribution < -0.4 is 4.90 Å². The second-order valence-electron chi connectivity index (χ2n) is 6.20. The fourth-order valence-corrected chi connectivity index (χ4v) is 4.63. The molecule has 4 rings (SSSR count). The number of fused-ring (bicyclic) bond motifs is 1. The number of nitrogens with zero attached hydrogens (tertiary/aromatic N) is 2. The lowest BCUT2D eigenvalue weighted by atomic mass is 10.1. The van der Waals surface area contributed by atoms with E-state index in [9.17, 15) is 0 Å². The van der Waals surface area contributed by atoms with Crippen molar-refractivity contribution in [2.75, 3.05) is 31.2 Å². The van der Waals surface area contributed by atoms with Gasteiger partial charge < -0.3 is 14.6 Å². The van der Waals surface area contributed by atoms with Crippen LogP contribution in [-0.4, -0.2) is 31.3 Å². The number of H-pyrrole nitrogens is 1. The number of halogens is 1. The molecular weight excluding hydrogens is 354 g/mol. The number of thiophene rings is 1. The van der Waals surface area contributed by atoms with Gasteiger partial charge >= 0.3 is 0 Å². The zero-order valence-corrected chi connectivity index (χ0v) is 15.5. The molecule has 3 aromatic rings. The summed E-state index contributed by atoms with van der Waals surface area (Å²) in [5, 5.41) is 2.96. The minimum Gasteiger partial charge on any atom is -0.378 e. The summed E-state index contributed by atoms with van der Waals surface area (Å²) in [6.07, 6.45) is 0.733. The highest BCUT2D eigenvalue weighted by Crippen LogP contribution is 2.43. The van der Waals surface area contributed by atoms with Crippen LogP contribution in [0.15, 0.2) is 24.3 Å². The average Bonchev–Trinajstić information content (AvgIpc) is 3.16. The topological polar surface area (TPSA) is 32.6 Å². The first-order chi connectivity index (χ1) is 12.2. The van der Waals surface area contributed by atoms with E-state index in [1.54, 1.807) is 11.3 Å².